The molecule has 0 unspecified atom stereocenters. The summed E-state index contributed by atoms with van der Waals surface area (Å²) >= 11 is 0. The van der Waals surface area contributed by atoms with E-state index in [1.807, 2.05) is 83.1 Å². The fourth-order valence-electron chi connectivity index (χ4n) is 3.25. The molecule has 2 N–H and O–H groups in total. The Morgan fingerprint density at radius 3 is 1.00 bits per heavy atom. The molecule has 0 heterocycles. The van der Waals surface area contributed by atoms with E-state index in [2.05, 4.69) is 0 Å². The molecule has 0 fully saturated rings. The summed E-state index contributed by atoms with van der Waals surface area (Å²) in [5, 5.41) is 21.3. The Morgan fingerprint density at radius 2 is 0.750 bits per heavy atom. The second kappa shape index (κ2) is 9.75. The number of phenolic OH excluding ortho intramolecular Hbond substituents is 2. The van der Waals surface area contributed by atoms with E-state index in [4.69, 9.17) is 18.9 Å². The first-order valence-electron chi connectivity index (χ1n) is 12.1. The van der Waals surface area contributed by atoms with Crippen molar-refractivity contribution in [2.24, 2.45) is 0 Å². The summed E-state index contributed by atoms with van der Waals surface area (Å²) in [5.41, 5.74) is -2.17. The molecule has 0 aliphatic carbocycles. The number of hydrogen-bond donors (Lipinski definition) is 2. The second-order valence-corrected chi connectivity index (χ2v) is 12.8. The van der Waals surface area contributed by atoms with Gasteiger partial charge in [0.2, 0.25) is 5.78 Å². The summed E-state index contributed by atoms with van der Waals surface area (Å²) in [6.07, 6.45) is 0. The largest absolute Gasteiger partial charge is 0.504 e. The van der Waals surface area contributed by atoms with E-state index in [0.717, 1.165) is 0 Å². The van der Waals surface area contributed by atoms with Crippen molar-refractivity contribution in [2.75, 3.05) is 0 Å². The number of carbonyl (C=O) groups excluding carboxylic acids is 1. The standard InChI is InChI=1S/C29H42O7/c1-26(2,3)33-21-15-19(30)23(35-28(7,8)9)13-17(21)25(32)18-14-24(36-29(10,11)12)20(31)16-22(18)34-27(4,5)6/h13-16,30-31H,1-12H3. The minimum absolute atomic E-state index is 0.144. The Hall–Kier alpha value is -3.09. The van der Waals surface area contributed by atoms with Crippen LogP contribution in [0.3, 0.4) is 0 Å². The molecule has 7 nitrogen and oxygen atoms in total. The molecule has 0 aromatic heterocycles. The van der Waals surface area contributed by atoms with Crippen LogP contribution in [-0.4, -0.2) is 38.4 Å². The van der Waals surface area contributed by atoms with Gasteiger partial charge in [0.1, 0.15) is 33.9 Å². The molecular weight excluding hydrogens is 460 g/mol. The van der Waals surface area contributed by atoms with Crippen LogP contribution in [0.25, 0.3) is 0 Å². The smallest absolute Gasteiger partial charge is 0.200 e. The summed E-state index contributed by atoms with van der Waals surface area (Å²) < 4.78 is 23.9. The SMILES string of the molecule is CC(C)(C)Oc1cc(C(=O)c2cc(OC(C)(C)C)c(O)cc2OC(C)(C)C)c(OC(C)(C)C)cc1O. The summed E-state index contributed by atoms with van der Waals surface area (Å²) in [6, 6.07) is 5.72. The van der Waals surface area contributed by atoms with Crippen LogP contribution < -0.4 is 18.9 Å². The molecule has 7 heteroatoms. The maximum Gasteiger partial charge on any atom is 0.200 e. The fourth-order valence-corrected chi connectivity index (χ4v) is 3.25. The lowest BCUT2D eigenvalue weighted by Gasteiger charge is -2.27. The number of benzene rings is 2. The Morgan fingerprint density at radius 1 is 0.500 bits per heavy atom. The average molecular weight is 503 g/mol. The van der Waals surface area contributed by atoms with E-state index in [-0.39, 0.29) is 45.6 Å². The number of carbonyl (C=O) groups is 1. The van der Waals surface area contributed by atoms with E-state index < -0.39 is 28.2 Å². The van der Waals surface area contributed by atoms with Gasteiger partial charge >= 0.3 is 0 Å². The highest BCUT2D eigenvalue weighted by molar-refractivity contribution is 6.13. The first kappa shape index (κ1) is 29.1. The zero-order valence-electron chi connectivity index (χ0n) is 23.7. The maximum atomic E-state index is 14.1. The Balaban J connectivity index is 2.80. The topological polar surface area (TPSA) is 94.5 Å². The lowest BCUT2D eigenvalue weighted by Crippen LogP contribution is -2.26. The molecule has 0 atom stereocenters. The summed E-state index contributed by atoms with van der Waals surface area (Å²) in [4.78, 5) is 14.1. The molecule has 0 saturated heterocycles. The molecule has 0 bridgehead atoms. The van der Waals surface area contributed by atoms with Crippen LogP contribution in [0.4, 0.5) is 0 Å². The zero-order valence-corrected chi connectivity index (χ0v) is 23.7. The average Bonchev–Trinajstić information content (AvgIpc) is 2.61. The Bertz CT molecular complexity index is 1020. The van der Waals surface area contributed by atoms with Gasteiger partial charge in [-0.2, -0.15) is 0 Å². The van der Waals surface area contributed by atoms with Crippen molar-refractivity contribution in [3.8, 4) is 34.5 Å². The molecule has 0 aliphatic rings. The third kappa shape index (κ3) is 8.54. The van der Waals surface area contributed by atoms with Crippen molar-refractivity contribution >= 4 is 5.78 Å². The van der Waals surface area contributed by atoms with Gasteiger partial charge < -0.3 is 29.2 Å². The minimum Gasteiger partial charge on any atom is -0.504 e. The number of ether oxygens (including phenoxy) is 4. The molecule has 2 aromatic carbocycles. The predicted octanol–water partition coefficient (Wildman–Crippen LogP) is 7.04. The first-order valence-corrected chi connectivity index (χ1v) is 12.1. The summed E-state index contributed by atoms with van der Waals surface area (Å²) in [5.74, 6) is -0.0425. The third-order valence-corrected chi connectivity index (χ3v) is 4.28. The van der Waals surface area contributed by atoms with Gasteiger partial charge in [0, 0.05) is 12.1 Å². The predicted molar refractivity (Wildman–Crippen MR) is 141 cm³/mol. The van der Waals surface area contributed by atoms with Crippen LogP contribution in [0.1, 0.15) is 99.0 Å². The summed E-state index contributed by atoms with van der Waals surface area (Å²) in [6.45, 7) is 22.2. The van der Waals surface area contributed by atoms with Gasteiger partial charge in [-0.15, -0.1) is 0 Å². The molecule has 0 radical (unpaired) electrons. The number of ketones is 1. The van der Waals surface area contributed by atoms with E-state index in [1.165, 1.54) is 24.3 Å². The summed E-state index contributed by atoms with van der Waals surface area (Å²) in [7, 11) is 0. The molecule has 0 aliphatic heterocycles. The molecular formula is C29H42O7. The van der Waals surface area contributed by atoms with Gasteiger partial charge in [0.25, 0.3) is 0 Å². The van der Waals surface area contributed by atoms with E-state index in [1.54, 1.807) is 0 Å². The monoisotopic (exact) mass is 502 g/mol. The zero-order chi connectivity index (χ0) is 27.9. The number of aromatic hydroxyl groups is 2. The number of hydrogen-bond acceptors (Lipinski definition) is 7. The van der Waals surface area contributed by atoms with Gasteiger partial charge in [-0.3, -0.25) is 4.79 Å². The lowest BCUT2D eigenvalue weighted by atomic mass is 9.99. The van der Waals surface area contributed by atoms with Crippen LogP contribution >= 0.6 is 0 Å². The first-order chi connectivity index (χ1) is 16.0. The highest BCUT2D eigenvalue weighted by Gasteiger charge is 2.29. The second-order valence-electron chi connectivity index (χ2n) is 12.8. The third-order valence-electron chi connectivity index (χ3n) is 4.28. The molecule has 36 heavy (non-hydrogen) atoms. The van der Waals surface area contributed by atoms with Gasteiger partial charge in [-0.1, -0.05) is 0 Å². The van der Waals surface area contributed by atoms with E-state index in [9.17, 15) is 15.0 Å². The van der Waals surface area contributed by atoms with E-state index >= 15 is 0 Å². The number of phenols is 2. The molecule has 0 amide bonds. The molecule has 2 aromatic rings. The van der Waals surface area contributed by atoms with Crippen molar-refractivity contribution in [2.45, 2.75) is 105 Å². The van der Waals surface area contributed by atoms with Crippen LogP contribution in [0.2, 0.25) is 0 Å². The van der Waals surface area contributed by atoms with Crippen LogP contribution in [0.15, 0.2) is 24.3 Å². The molecule has 0 spiro atoms. The molecule has 0 saturated carbocycles. The van der Waals surface area contributed by atoms with Crippen LogP contribution in [0, 0.1) is 0 Å². The van der Waals surface area contributed by atoms with Gasteiger partial charge in [0.15, 0.2) is 23.0 Å². The fraction of sp³-hybridized carbons (Fsp3) is 0.552. The van der Waals surface area contributed by atoms with Crippen molar-refractivity contribution < 1.29 is 34.0 Å². The Kier molecular flexibility index (Phi) is 7.90. The van der Waals surface area contributed by atoms with Gasteiger partial charge in [0.05, 0.1) is 11.1 Å². The van der Waals surface area contributed by atoms with Gasteiger partial charge in [-0.25, -0.2) is 0 Å². The van der Waals surface area contributed by atoms with Gasteiger partial charge in [-0.05, 0) is 95.2 Å². The van der Waals surface area contributed by atoms with Crippen LogP contribution in [-0.2, 0) is 0 Å². The Labute approximate surface area is 215 Å². The molecule has 200 valence electrons. The highest BCUT2D eigenvalue weighted by Crippen LogP contribution is 2.42. The lowest BCUT2D eigenvalue weighted by molar-refractivity contribution is 0.0973. The van der Waals surface area contributed by atoms with Crippen molar-refractivity contribution in [1.82, 2.24) is 0 Å². The van der Waals surface area contributed by atoms with Crippen LogP contribution in [0.5, 0.6) is 34.5 Å². The van der Waals surface area contributed by atoms with Crippen molar-refractivity contribution in [3.05, 3.63) is 35.4 Å². The van der Waals surface area contributed by atoms with E-state index in [0.29, 0.717) is 0 Å². The molecule has 2 rings (SSSR count). The van der Waals surface area contributed by atoms with Crippen molar-refractivity contribution in [1.29, 1.82) is 0 Å². The highest BCUT2D eigenvalue weighted by atomic mass is 16.5. The normalized spacial score (nSPS) is 12.8. The quantitative estimate of drug-likeness (QED) is 0.409. The van der Waals surface area contributed by atoms with Crippen molar-refractivity contribution in [3.63, 3.8) is 0 Å². The minimum atomic E-state index is -0.645. The number of rotatable bonds is 6. The maximum absolute atomic E-state index is 14.1.